The van der Waals surface area contributed by atoms with E-state index in [9.17, 15) is 15.2 Å². The van der Waals surface area contributed by atoms with Crippen molar-refractivity contribution in [2.75, 3.05) is 0 Å². The third-order valence-electron chi connectivity index (χ3n) is 6.22. The average molecular weight is 475 g/mol. The molecule has 1 N–H and O–H groups in total. The highest BCUT2D eigenvalue weighted by atomic mass is 16.6. The zero-order valence-electron chi connectivity index (χ0n) is 19.4. The molecule has 0 spiro atoms. The number of para-hydroxylation sites is 1. The number of nitro benzene ring substituents is 1. The van der Waals surface area contributed by atoms with Crippen molar-refractivity contribution in [3.8, 4) is 0 Å². The summed E-state index contributed by atoms with van der Waals surface area (Å²) in [5, 5.41) is 23.3. The van der Waals surface area contributed by atoms with Crippen LogP contribution >= 0.6 is 0 Å². The number of aliphatic hydroxyl groups is 1. The fourth-order valence-electron chi connectivity index (χ4n) is 4.43. The van der Waals surface area contributed by atoms with Crippen LogP contribution in [0.3, 0.4) is 0 Å². The van der Waals surface area contributed by atoms with Gasteiger partial charge in [-0.2, -0.15) is 4.57 Å². The first kappa shape index (κ1) is 22.9. The van der Waals surface area contributed by atoms with Crippen LogP contribution in [0.25, 0.3) is 16.7 Å². The van der Waals surface area contributed by atoms with Crippen LogP contribution in [0.2, 0.25) is 0 Å². The smallest absolute Gasteiger partial charge is 0.269 e. The number of fused-ring (bicyclic) bond motifs is 1. The van der Waals surface area contributed by atoms with Crippen molar-refractivity contribution in [1.29, 1.82) is 0 Å². The lowest BCUT2D eigenvalue weighted by Gasteiger charge is -2.22. The molecule has 0 saturated carbocycles. The number of aromatic nitrogens is 2. The van der Waals surface area contributed by atoms with E-state index in [-0.39, 0.29) is 23.4 Å². The summed E-state index contributed by atoms with van der Waals surface area (Å²) in [5.74, 6) is -0.247. The Labute approximate surface area is 208 Å². The number of nitrogens with zero attached hydrogens (tertiary/aromatic N) is 3. The van der Waals surface area contributed by atoms with Gasteiger partial charge in [0.25, 0.3) is 5.69 Å². The molecule has 0 amide bonds. The zero-order valence-corrected chi connectivity index (χ0v) is 19.4. The summed E-state index contributed by atoms with van der Waals surface area (Å²) in [6.07, 6.45) is 5.79. The molecule has 0 aliphatic heterocycles. The number of nitro groups is 1. The summed E-state index contributed by atoms with van der Waals surface area (Å²) in [6.45, 7) is 0. The number of non-ortho nitro benzene ring substituents is 1. The van der Waals surface area contributed by atoms with Crippen LogP contribution in [-0.4, -0.2) is 15.0 Å². The minimum Gasteiger partial charge on any atom is -0.508 e. The molecule has 5 aromatic rings. The van der Waals surface area contributed by atoms with E-state index in [0.29, 0.717) is 5.56 Å². The predicted octanol–water partition coefficient (Wildman–Crippen LogP) is 6.40. The SMILES string of the molecule is O=[N+]([O-])c1ccc(/C(O)=C/C(c2ccccc2)C(c2ccc3ccccc3n2)[n+]2ccccc2)cc1. The van der Waals surface area contributed by atoms with Crippen molar-refractivity contribution < 1.29 is 14.6 Å². The van der Waals surface area contributed by atoms with Crippen LogP contribution in [-0.2, 0) is 0 Å². The fraction of sp³-hybridized carbons (Fsp3) is 0.0667. The summed E-state index contributed by atoms with van der Waals surface area (Å²) in [5.41, 5.74) is 3.23. The lowest BCUT2D eigenvalue weighted by molar-refractivity contribution is -0.716. The van der Waals surface area contributed by atoms with Crippen LogP contribution in [0.15, 0.2) is 128 Å². The second-order valence-electron chi connectivity index (χ2n) is 8.49. The number of pyridine rings is 2. The van der Waals surface area contributed by atoms with Gasteiger partial charge in [-0.3, -0.25) is 10.1 Å². The number of rotatable bonds is 7. The average Bonchev–Trinajstić information content (AvgIpc) is 2.93. The van der Waals surface area contributed by atoms with Crippen LogP contribution in [0.1, 0.15) is 28.8 Å². The molecule has 5 rings (SSSR count). The van der Waals surface area contributed by atoms with Crippen molar-refractivity contribution >= 4 is 22.3 Å². The normalized spacial score (nSPS) is 13.3. The maximum absolute atomic E-state index is 11.2. The Morgan fingerprint density at radius 3 is 2.22 bits per heavy atom. The van der Waals surface area contributed by atoms with Gasteiger partial charge in [0.15, 0.2) is 12.4 Å². The van der Waals surface area contributed by atoms with Crippen molar-refractivity contribution in [2.45, 2.75) is 12.0 Å². The molecule has 2 heterocycles. The van der Waals surface area contributed by atoms with Crippen molar-refractivity contribution in [3.63, 3.8) is 0 Å². The van der Waals surface area contributed by atoms with Crippen LogP contribution in [0, 0.1) is 10.1 Å². The Balaban J connectivity index is 1.67. The first-order chi connectivity index (χ1) is 17.6. The predicted molar refractivity (Wildman–Crippen MR) is 139 cm³/mol. The molecule has 0 bridgehead atoms. The Kier molecular flexibility index (Phi) is 6.49. The Hall–Kier alpha value is -4.84. The molecule has 176 valence electrons. The highest BCUT2D eigenvalue weighted by Crippen LogP contribution is 2.34. The van der Waals surface area contributed by atoms with E-state index >= 15 is 0 Å². The summed E-state index contributed by atoms with van der Waals surface area (Å²) < 4.78 is 2.09. The van der Waals surface area contributed by atoms with Crippen molar-refractivity contribution in [3.05, 3.63) is 155 Å². The van der Waals surface area contributed by atoms with Gasteiger partial charge in [-0.1, -0.05) is 60.7 Å². The number of aliphatic hydroxyl groups excluding tert-OH is 1. The second kappa shape index (κ2) is 10.2. The topological polar surface area (TPSA) is 80.1 Å². The molecule has 36 heavy (non-hydrogen) atoms. The molecule has 6 nitrogen and oxygen atoms in total. The summed E-state index contributed by atoms with van der Waals surface area (Å²) in [7, 11) is 0. The van der Waals surface area contributed by atoms with Crippen molar-refractivity contribution in [1.82, 2.24) is 4.98 Å². The minimum absolute atomic E-state index is 0.0239. The molecule has 2 aromatic heterocycles. The van der Waals surface area contributed by atoms with Gasteiger partial charge < -0.3 is 5.11 Å². The Morgan fingerprint density at radius 2 is 1.50 bits per heavy atom. The van der Waals surface area contributed by atoms with E-state index in [4.69, 9.17) is 4.98 Å². The van der Waals surface area contributed by atoms with Crippen LogP contribution in [0.4, 0.5) is 5.69 Å². The molecule has 6 heteroatoms. The van der Waals surface area contributed by atoms with Gasteiger partial charge >= 0.3 is 0 Å². The summed E-state index contributed by atoms with van der Waals surface area (Å²) in [6, 6.07) is 33.6. The minimum atomic E-state index is -0.454. The molecule has 0 radical (unpaired) electrons. The molecule has 0 fully saturated rings. The number of allylic oxidation sites excluding steroid dienone is 1. The first-order valence-corrected chi connectivity index (χ1v) is 11.6. The molecule has 2 atom stereocenters. The summed E-state index contributed by atoms with van der Waals surface area (Å²) in [4.78, 5) is 15.6. The van der Waals surface area contributed by atoms with E-state index in [2.05, 4.69) is 10.6 Å². The third-order valence-corrected chi connectivity index (χ3v) is 6.22. The van der Waals surface area contributed by atoms with Gasteiger partial charge in [-0.05, 0) is 35.9 Å². The molecule has 0 aliphatic carbocycles. The molecule has 0 saturated heterocycles. The van der Waals surface area contributed by atoms with Gasteiger partial charge in [0.2, 0.25) is 6.04 Å². The van der Waals surface area contributed by atoms with Crippen LogP contribution < -0.4 is 4.57 Å². The Bertz CT molecular complexity index is 1520. The standard InChI is InChI=1S/C30H23N3O3/c34-29(24-13-16-25(17-14-24)33(35)36)21-26(22-9-3-1-4-10-22)30(32-19-7-2-8-20-32)28-18-15-23-11-5-6-12-27(23)31-28/h1-21,26,30H/p+1/b29-21-. The number of hydrogen-bond acceptors (Lipinski definition) is 4. The van der Waals surface area contributed by atoms with E-state index < -0.39 is 4.92 Å². The lowest BCUT2D eigenvalue weighted by Crippen LogP contribution is -2.43. The van der Waals surface area contributed by atoms with Gasteiger partial charge in [-0.25, -0.2) is 4.98 Å². The fourth-order valence-corrected chi connectivity index (χ4v) is 4.43. The van der Waals surface area contributed by atoms with Gasteiger partial charge in [-0.15, -0.1) is 0 Å². The van der Waals surface area contributed by atoms with E-state index in [0.717, 1.165) is 22.2 Å². The first-order valence-electron chi connectivity index (χ1n) is 11.6. The van der Waals surface area contributed by atoms with E-state index in [1.807, 2.05) is 91.3 Å². The molecule has 2 unspecified atom stereocenters. The molecular weight excluding hydrogens is 450 g/mol. The van der Waals surface area contributed by atoms with Gasteiger partial charge in [0.05, 0.1) is 16.4 Å². The highest BCUT2D eigenvalue weighted by molar-refractivity contribution is 5.78. The van der Waals surface area contributed by atoms with E-state index in [1.54, 1.807) is 18.2 Å². The molecule has 3 aromatic carbocycles. The maximum Gasteiger partial charge on any atom is 0.269 e. The summed E-state index contributed by atoms with van der Waals surface area (Å²) >= 11 is 0. The monoisotopic (exact) mass is 474 g/mol. The number of hydrogen-bond donors (Lipinski definition) is 1. The largest absolute Gasteiger partial charge is 0.508 e. The van der Waals surface area contributed by atoms with Gasteiger partial charge in [0, 0.05) is 35.2 Å². The maximum atomic E-state index is 11.2. The van der Waals surface area contributed by atoms with Crippen LogP contribution in [0.5, 0.6) is 0 Å². The molecular formula is C30H24N3O3+. The Morgan fingerprint density at radius 1 is 0.833 bits per heavy atom. The second-order valence-corrected chi connectivity index (χ2v) is 8.49. The van der Waals surface area contributed by atoms with E-state index in [1.165, 1.54) is 12.1 Å². The lowest BCUT2D eigenvalue weighted by atomic mass is 9.87. The third kappa shape index (κ3) is 4.83. The zero-order chi connectivity index (χ0) is 24.9. The van der Waals surface area contributed by atoms with Gasteiger partial charge in [0.1, 0.15) is 11.5 Å². The highest BCUT2D eigenvalue weighted by Gasteiger charge is 2.33. The number of benzene rings is 3. The van der Waals surface area contributed by atoms with Crippen molar-refractivity contribution in [2.24, 2.45) is 0 Å². The quantitative estimate of drug-likeness (QED) is 0.128. The molecule has 0 aliphatic rings.